The zero-order chi connectivity index (χ0) is 19.6. The summed E-state index contributed by atoms with van der Waals surface area (Å²) in [6.07, 6.45) is -0.221. The Morgan fingerprint density at radius 1 is 1.27 bits per heavy atom. The third kappa shape index (κ3) is 4.41. The molecule has 0 aliphatic heterocycles. The highest BCUT2D eigenvalue weighted by molar-refractivity contribution is 7.89. The lowest BCUT2D eigenvalue weighted by Crippen LogP contribution is -2.15. The van der Waals surface area contributed by atoms with Gasteiger partial charge >= 0.3 is 5.97 Å². The van der Waals surface area contributed by atoms with E-state index < -0.39 is 21.9 Å². The highest BCUT2D eigenvalue weighted by atomic mass is 32.2. The van der Waals surface area contributed by atoms with Crippen LogP contribution in [0.2, 0.25) is 0 Å². The molecule has 1 aromatic carbocycles. The number of amides is 1. The van der Waals surface area contributed by atoms with E-state index in [2.05, 4.69) is 5.32 Å². The molecular formula is C16H18N2O7S. The van der Waals surface area contributed by atoms with Crippen LogP contribution >= 0.6 is 0 Å². The Kier molecular flexibility index (Phi) is 5.38. The highest BCUT2D eigenvalue weighted by Gasteiger charge is 2.22. The Hall–Kier alpha value is -2.85. The summed E-state index contributed by atoms with van der Waals surface area (Å²) in [7, 11) is -4.04. The molecule has 0 atom stereocenters. The SMILES string of the molecule is Cc1oc(C(=O)Nc2cc(C(=O)O)ccc2OC(C)C)cc1S(N)(=O)=O. The van der Waals surface area contributed by atoms with Crippen molar-refractivity contribution >= 4 is 27.6 Å². The molecule has 0 saturated heterocycles. The number of ether oxygens (including phenoxy) is 1. The van der Waals surface area contributed by atoms with E-state index in [-0.39, 0.29) is 39.5 Å². The van der Waals surface area contributed by atoms with E-state index in [4.69, 9.17) is 19.4 Å². The van der Waals surface area contributed by atoms with Crippen LogP contribution < -0.4 is 15.2 Å². The van der Waals surface area contributed by atoms with E-state index in [0.717, 1.165) is 6.07 Å². The molecule has 0 radical (unpaired) electrons. The predicted octanol–water partition coefficient (Wildman–Crippen LogP) is 1.97. The summed E-state index contributed by atoms with van der Waals surface area (Å²) in [5, 5.41) is 16.6. The number of carboxylic acid groups (broad SMARTS) is 1. The van der Waals surface area contributed by atoms with Gasteiger partial charge in [0, 0.05) is 6.07 Å². The van der Waals surface area contributed by atoms with Crippen molar-refractivity contribution in [2.24, 2.45) is 5.14 Å². The number of sulfonamides is 1. The van der Waals surface area contributed by atoms with Crippen molar-refractivity contribution in [2.45, 2.75) is 31.8 Å². The smallest absolute Gasteiger partial charge is 0.335 e. The quantitative estimate of drug-likeness (QED) is 0.691. The number of carboxylic acids is 1. The summed E-state index contributed by atoms with van der Waals surface area (Å²) in [4.78, 5) is 23.2. The molecule has 0 bridgehead atoms. The van der Waals surface area contributed by atoms with Gasteiger partial charge in [0.2, 0.25) is 10.0 Å². The van der Waals surface area contributed by atoms with E-state index in [9.17, 15) is 18.0 Å². The van der Waals surface area contributed by atoms with Gasteiger partial charge in [0.25, 0.3) is 5.91 Å². The van der Waals surface area contributed by atoms with E-state index in [0.29, 0.717) is 0 Å². The Balaban J connectivity index is 2.38. The molecule has 1 heterocycles. The van der Waals surface area contributed by atoms with Crippen LogP contribution in [0.1, 0.15) is 40.5 Å². The van der Waals surface area contributed by atoms with Crippen molar-refractivity contribution in [2.75, 3.05) is 5.32 Å². The van der Waals surface area contributed by atoms with Crippen LogP contribution in [0, 0.1) is 6.92 Å². The minimum absolute atomic E-state index is 0.0319. The second-order valence-corrected chi connectivity index (χ2v) is 7.24. The van der Waals surface area contributed by atoms with Crippen LogP contribution in [-0.2, 0) is 10.0 Å². The maximum Gasteiger partial charge on any atom is 0.335 e. The third-order valence-electron chi connectivity index (χ3n) is 3.24. The first-order chi connectivity index (χ1) is 12.0. The molecular weight excluding hydrogens is 364 g/mol. The zero-order valence-corrected chi connectivity index (χ0v) is 15.1. The molecule has 26 heavy (non-hydrogen) atoms. The zero-order valence-electron chi connectivity index (χ0n) is 14.3. The molecule has 0 aliphatic carbocycles. The van der Waals surface area contributed by atoms with Crippen molar-refractivity contribution in [1.82, 2.24) is 0 Å². The number of anilines is 1. The van der Waals surface area contributed by atoms with Crippen LogP contribution in [0.15, 0.2) is 33.6 Å². The van der Waals surface area contributed by atoms with Crippen LogP contribution in [0.25, 0.3) is 0 Å². The first-order valence-electron chi connectivity index (χ1n) is 7.47. The van der Waals surface area contributed by atoms with Crippen LogP contribution in [-0.4, -0.2) is 31.5 Å². The fourth-order valence-electron chi connectivity index (χ4n) is 2.16. The number of furan rings is 1. The number of rotatable bonds is 6. The van der Waals surface area contributed by atoms with E-state index in [1.807, 2.05) is 0 Å². The first-order valence-corrected chi connectivity index (χ1v) is 9.02. The van der Waals surface area contributed by atoms with Gasteiger partial charge in [-0.25, -0.2) is 18.4 Å². The molecule has 1 aromatic heterocycles. The van der Waals surface area contributed by atoms with Gasteiger partial charge < -0.3 is 19.6 Å². The Morgan fingerprint density at radius 3 is 2.42 bits per heavy atom. The summed E-state index contributed by atoms with van der Waals surface area (Å²) in [6, 6.07) is 4.99. The summed E-state index contributed by atoms with van der Waals surface area (Å²) < 4.78 is 33.6. The van der Waals surface area contributed by atoms with Crippen molar-refractivity contribution in [3.05, 3.63) is 41.3 Å². The molecule has 9 nitrogen and oxygen atoms in total. The van der Waals surface area contributed by atoms with Crippen LogP contribution in [0.5, 0.6) is 5.75 Å². The number of nitrogens with one attached hydrogen (secondary N) is 1. The second-order valence-electron chi connectivity index (χ2n) is 5.71. The molecule has 4 N–H and O–H groups in total. The van der Waals surface area contributed by atoms with E-state index >= 15 is 0 Å². The Labute approximate surface area is 149 Å². The minimum Gasteiger partial charge on any atom is -0.489 e. The molecule has 2 aromatic rings. The van der Waals surface area contributed by atoms with E-state index in [1.165, 1.54) is 25.1 Å². The molecule has 0 spiro atoms. The minimum atomic E-state index is -4.04. The number of carbonyl (C=O) groups is 2. The van der Waals surface area contributed by atoms with Crippen molar-refractivity contribution < 1.29 is 32.3 Å². The molecule has 2 rings (SSSR count). The maximum absolute atomic E-state index is 12.4. The molecule has 1 amide bonds. The average Bonchev–Trinajstić information content (AvgIpc) is 2.90. The van der Waals surface area contributed by atoms with E-state index in [1.54, 1.807) is 13.8 Å². The summed E-state index contributed by atoms with van der Waals surface area (Å²) >= 11 is 0. The number of aryl methyl sites for hydroxylation is 1. The van der Waals surface area contributed by atoms with Gasteiger partial charge in [0.15, 0.2) is 5.76 Å². The molecule has 140 valence electrons. The topological polar surface area (TPSA) is 149 Å². The number of hydrogen-bond donors (Lipinski definition) is 3. The number of benzene rings is 1. The number of primary sulfonamides is 1. The summed E-state index contributed by atoms with van der Waals surface area (Å²) in [5.74, 6) is -2.02. The van der Waals surface area contributed by atoms with Gasteiger partial charge in [0.1, 0.15) is 16.4 Å². The molecule has 0 unspecified atom stereocenters. The lowest BCUT2D eigenvalue weighted by molar-refractivity contribution is 0.0696. The largest absolute Gasteiger partial charge is 0.489 e. The summed E-state index contributed by atoms with van der Waals surface area (Å²) in [5.41, 5.74) is 0.0482. The standard InChI is InChI=1S/C16H18N2O7S/c1-8(2)24-12-5-4-10(16(20)21)6-11(12)18-15(19)13-7-14(9(3)25-13)26(17,22)23/h4-8H,1-3H3,(H,18,19)(H,20,21)(H2,17,22,23). The van der Waals surface area contributed by atoms with Gasteiger partial charge in [-0.3, -0.25) is 4.79 Å². The number of hydrogen-bond acceptors (Lipinski definition) is 6. The fraction of sp³-hybridized carbons (Fsp3) is 0.250. The van der Waals surface area contributed by atoms with Gasteiger partial charge in [-0.2, -0.15) is 0 Å². The number of nitrogens with two attached hydrogens (primary N) is 1. The monoisotopic (exact) mass is 382 g/mol. The molecule has 0 fully saturated rings. The van der Waals surface area contributed by atoms with Crippen molar-refractivity contribution in [1.29, 1.82) is 0 Å². The average molecular weight is 382 g/mol. The molecule has 0 saturated carbocycles. The third-order valence-corrected chi connectivity index (χ3v) is 4.26. The van der Waals surface area contributed by atoms with Crippen LogP contribution in [0.4, 0.5) is 5.69 Å². The highest BCUT2D eigenvalue weighted by Crippen LogP contribution is 2.28. The van der Waals surface area contributed by atoms with Gasteiger partial charge in [-0.1, -0.05) is 0 Å². The lowest BCUT2D eigenvalue weighted by Gasteiger charge is -2.15. The summed E-state index contributed by atoms with van der Waals surface area (Å²) in [6.45, 7) is 4.89. The van der Waals surface area contributed by atoms with Crippen LogP contribution in [0.3, 0.4) is 0 Å². The Bertz CT molecular complexity index is 961. The normalized spacial score (nSPS) is 11.4. The Morgan fingerprint density at radius 2 is 1.92 bits per heavy atom. The number of carbonyl (C=O) groups excluding carboxylic acids is 1. The number of aromatic carboxylic acids is 1. The van der Waals surface area contributed by atoms with Crippen molar-refractivity contribution in [3.63, 3.8) is 0 Å². The predicted molar refractivity (Wildman–Crippen MR) is 91.9 cm³/mol. The van der Waals surface area contributed by atoms with Gasteiger partial charge in [0.05, 0.1) is 17.4 Å². The fourth-order valence-corrected chi connectivity index (χ4v) is 2.87. The van der Waals surface area contributed by atoms with Crippen molar-refractivity contribution in [3.8, 4) is 5.75 Å². The van der Waals surface area contributed by atoms with Gasteiger partial charge in [-0.15, -0.1) is 0 Å². The van der Waals surface area contributed by atoms with Gasteiger partial charge in [-0.05, 0) is 39.0 Å². The molecule has 10 heteroatoms. The lowest BCUT2D eigenvalue weighted by atomic mass is 10.2. The second kappa shape index (κ2) is 7.18. The molecule has 0 aliphatic rings. The first kappa shape index (κ1) is 19.5. The maximum atomic E-state index is 12.4.